The average Bonchev–Trinajstić information content (AvgIpc) is 3.52. The van der Waals surface area contributed by atoms with Crippen LogP contribution in [-0.2, 0) is 0 Å². The Morgan fingerprint density at radius 2 is 1.80 bits per heavy atom. The van der Waals surface area contributed by atoms with Crippen molar-refractivity contribution in [2.24, 2.45) is 5.92 Å². The number of benzene rings is 2. The SMILES string of the molecule is C=C(c1cc2ccc(-c3nccc(Nc4ccc(-c5cn[nH]c5)cc4)n3)cc2[nH]1)C1CC(F)(F)C1. The highest BCUT2D eigenvalue weighted by Gasteiger charge is 2.46. The highest BCUT2D eigenvalue weighted by molar-refractivity contribution is 5.88. The van der Waals surface area contributed by atoms with Crippen molar-refractivity contribution >= 4 is 28.0 Å². The van der Waals surface area contributed by atoms with Crippen molar-refractivity contribution < 1.29 is 8.78 Å². The van der Waals surface area contributed by atoms with E-state index in [1.807, 2.05) is 60.8 Å². The number of alkyl halides is 2. The Morgan fingerprint density at radius 3 is 2.54 bits per heavy atom. The van der Waals surface area contributed by atoms with Crippen LogP contribution in [0.1, 0.15) is 18.5 Å². The van der Waals surface area contributed by atoms with Crippen molar-refractivity contribution in [1.29, 1.82) is 0 Å². The molecule has 8 heteroatoms. The molecule has 174 valence electrons. The smallest absolute Gasteiger partial charge is 0.249 e. The van der Waals surface area contributed by atoms with Gasteiger partial charge in [-0.3, -0.25) is 5.10 Å². The van der Waals surface area contributed by atoms with Gasteiger partial charge in [0.2, 0.25) is 5.92 Å². The van der Waals surface area contributed by atoms with Crippen molar-refractivity contribution in [2.75, 3.05) is 5.32 Å². The summed E-state index contributed by atoms with van der Waals surface area (Å²) in [5.74, 6) is -1.49. The number of H-pyrrole nitrogens is 2. The standard InChI is InChI=1S/C27H22F2N6/c1-16(20-12-27(28,29)13-20)23-10-18-2-3-19(11-24(18)34-23)26-30-9-8-25(35-26)33-22-6-4-17(5-7-22)21-14-31-32-15-21/h2-11,14-15,20,34H,1,12-13H2,(H,31,32)(H,30,33,35). The largest absolute Gasteiger partial charge is 0.355 e. The summed E-state index contributed by atoms with van der Waals surface area (Å²) >= 11 is 0. The molecule has 6 rings (SSSR count). The number of anilines is 2. The average molecular weight is 469 g/mol. The van der Waals surface area contributed by atoms with E-state index in [0.717, 1.165) is 44.5 Å². The summed E-state index contributed by atoms with van der Waals surface area (Å²) in [5, 5.41) is 11.1. The van der Waals surface area contributed by atoms with E-state index in [-0.39, 0.29) is 18.8 Å². The van der Waals surface area contributed by atoms with Gasteiger partial charge in [0.05, 0.1) is 6.20 Å². The molecule has 3 heterocycles. The molecule has 6 nitrogen and oxygen atoms in total. The summed E-state index contributed by atoms with van der Waals surface area (Å²) in [6, 6.07) is 17.7. The molecule has 0 amide bonds. The maximum atomic E-state index is 13.3. The molecule has 0 unspecified atom stereocenters. The number of fused-ring (bicyclic) bond motifs is 1. The van der Waals surface area contributed by atoms with E-state index < -0.39 is 5.92 Å². The molecule has 35 heavy (non-hydrogen) atoms. The van der Waals surface area contributed by atoms with E-state index in [4.69, 9.17) is 0 Å². The van der Waals surface area contributed by atoms with Crippen LogP contribution in [0.5, 0.6) is 0 Å². The Labute approximate surface area is 200 Å². The van der Waals surface area contributed by atoms with E-state index in [1.165, 1.54) is 0 Å². The predicted molar refractivity (Wildman–Crippen MR) is 133 cm³/mol. The zero-order chi connectivity index (χ0) is 24.0. The fourth-order valence-electron chi connectivity index (χ4n) is 4.44. The third-order valence-electron chi connectivity index (χ3n) is 6.45. The second-order valence-electron chi connectivity index (χ2n) is 8.93. The van der Waals surface area contributed by atoms with Crippen LogP contribution in [0.4, 0.5) is 20.3 Å². The minimum Gasteiger partial charge on any atom is -0.355 e. The molecule has 0 radical (unpaired) electrons. The molecule has 0 bridgehead atoms. The van der Waals surface area contributed by atoms with E-state index >= 15 is 0 Å². The lowest BCUT2D eigenvalue weighted by Gasteiger charge is -2.35. The van der Waals surface area contributed by atoms with Crippen LogP contribution in [0.15, 0.2) is 79.8 Å². The van der Waals surface area contributed by atoms with E-state index in [9.17, 15) is 8.78 Å². The molecule has 1 aliphatic rings. The molecule has 5 aromatic rings. The fraction of sp³-hybridized carbons (Fsp3) is 0.148. The van der Waals surface area contributed by atoms with Crippen molar-refractivity contribution in [3.8, 4) is 22.5 Å². The van der Waals surface area contributed by atoms with Crippen molar-refractivity contribution in [2.45, 2.75) is 18.8 Å². The van der Waals surface area contributed by atoms with Crippen molar-refractivity contribution in [3.05, 3.63) is 85.5 Å². The van der Waals surface area contributed by atoms with Gasteiger partial charge < -0.3 is 10.3 Å². The monoisotopic (exact) mass is 468 g/mol. The third kappa shape index (κ3) is 4.19. The predicted octanol–water partition coefficient (Wildman–Crippen LogP) is 6.82. The first kappa shape index (κ1) is 21.2. The summed E-state index contributed by atoms with van der Waals surface area (Å²) in [6.45, 7) is 4.06. The van der Waals surface area contributed by atoms with Crippen LogP contribution in [0, 0.1) is 5.92 Å². The van der Waals surface area contributed by atoms with Gasteiger partial charge in [-0.2, -0.15) is 5.10 Å². The highest BCUT2D eigenvalue weighted by Crippen LogP contribution is 2.48. The maximum absolute atomic E-state index is 13.3. The summed E-state index contributed by atoms with van der Waals surface area (Å²) in [4.78, 5) is 12.4. The van der Waals surface area contributed by atoms with Gasteiger partial charge in [-0.15, -0.1) is 0 Å². The van der Waals surface area contributed by atoms with Gasteiger partial charge in [0.25, 0.3) is 0 Å². The molecule has 1 aliphatic carbocycles. The Morgan fingerprint density at radius 1 is 1.00 bits per heavy atom. The van der Waals surface area contributed by atoms with Crippen molar-refractivity contribution in [3.63, 3.8) is 0 Å². The molecule has 0 saturated heterocycles. The number of hydrogen-bond acceptors (Lipinski definition) is 4. The second-order valence-corrected chi connectivity index (χ2v) is 8.93. The molecule has 1 saturated carbocycles. The molecule has 3 N–H and O–H groups in total. The number of rotatable bonds is 6. The lowest BCUT2D eigenvalue weighted by atomic mass is 9.76. The second kappa shape index (κ2) is 8.16. The summed E-state index contributed by atoms with van der Waals surface area (Å²) in [6.07, 6.45) is 5.08. The molecule has 2 aromatic carbocycles. The summed E-state index contributed by atoms with van der Waals surface area (Å²) < 4.78 is 26.6. The van der Waals surface area contributed by atoms with Gasteiger partial charge in [0.1, 0.15) is 5.82 Å². The minimum atomic E-state index is -2.56. The molecular weight excluding hydrogens is 446 g/mol. The lowest BCUT2D eigenvalue weighted by molar-refractivity contribution is -0.0934. The van der Waals surface area contributed by atoms with Crippen LogP contribution >= 0.6 is 0 Å². The van der Waals surface area contributed by atoms with E-state index in [0.29, 0.717) is 11.6 Å². The molecule has 0 aliphatic heterocycles. The first-order chi connectivity index (χ1) is 16.9. The number of nitrogens with zero attached hydrogens (tertiary/aromatic N) is 3. The number of allylic oxidation sites excluding steroid dienone is 1. The number of hydrogen-bond donors (Lipinski definition) is 3. The first-order valence-corrected chi connectivity index (χ1v) is 11.3. The van der Waals surface area contributed by atoms with Gasteiger partial charge >= 0.3 is 0 Å². The molecule has 1 fully saturated rings. The van der Waals surface area contributed by atoms with Crippen molar-refractivity contribution in [1.82, 2.24) is 25.1 Å². The lowest BCUT2D eigenvalue weighted by Crippen LogP contribution is -2.35. The van der Waals surface area contributed by atoms with E-state index in [1.54, 1.807) is 12.4 Å². The molecular formula is C27H22F2N6. The Bertz CT molecular complexity index is 1510. The van der Waals surface area contributed by atoms with Gasteiger partial charge in [-0.05, 0) is 47.4 Å². The number of nitrogens with one attached hydrogen (secondary N) is 3. The fourth-order valence-corrected chi connectivity index (χ4v) is 4.44. The number of halogens is 2. The van der Waals surface area contributed by atoms with Crippen LogP contribution in [0.25, 0.3) is 39.0 Å². The normalized spacial score (nSPS) is 15.1. The van der Waals surface area contributed by atoms with Gasteiger partial charge in [0.15, 0.2) is 5.82 Å². The van der Waals surface area contributed by atoms with Crippen LogP contribution in [-0.4, -0.2) is 31.1 Å². The number of aromatic amines is 2. The minimum absolute atomic E-state index is 0.133. The zero-order valence-electron chi connectivity index (χ0n) is 18.7. The summed E-state index contributed by atoms with van der Waals surface area (Å²) in [5.41, 5.74) is 6.28. The third-order valence-corrected chi connectivity index (χ3v) is 6.45. The maximum Gasteiger partial charge on any atom is 0.249 e. The van der Waals surface area contributed by atoms with Gasteiger partial charge in [-0.25, -0.2) is 18.7 Å². The Balaban J connectivity index is 1.21. The molecule has 3 aromatic heterocycles. The van der Waals surface area contributed by atoms with E-state index in [2.05, 4.69) is 37.0 Å². The molecule has 0 atom stereocenters. The van der Waals surface area contributed by atoms with Crippen LogP contribution in [0.3, 0.4) is 0 Å². The summed E-state index contributed by atoms with van der Waals surface area (Å²) in [7, 11) is 0. The topological polar surface area (TPSA) is 82.3 Å². The molecule has 0 spiro atoms. The van der Waals surface area contributed by atoms with Crippen LogP contribution < -0.4 is 5.32 Å². The van der Waals surface area contributed by atoms with Crippen LogP contribution in [0.2, 0.25) is 0 Å². The van der Waals surface area contributed by atoms with Gasteiger partial charge in [-0.1, -0.05) is 30.8 Å². The zero-order valence-corrected chi connectivity index (χ0v) is 18.7. The van der Waals surface area contributed by atoms with Gasteiger partial charge in [0, 0.05) is 58.6 Å². The quantitative estimate of drug-likeness (QED) is 0.255. The first-order valence-electron chi connectivity index (χ1n) is 11.3. The Kier molecular flexibility index (Phi) is 4.95. The number of aromatic nitrogens is 5. The highest BCUT2D eigenvalue weighted by atomic mass is 19.3. The Hall–Kier alpha value is -4.33.